The smallest absolute Gasteiger partial charge is 0.246 e. The van der Waals surface area contributed by atoms with Crippen LogP contribution in [-0.4, -0.2) is 31.2 Å². The molecule has 1 fully saturated rings. The molecule has 0 spiro atoms. The molecule has 0 atom stereocenters. The summed E-state index contributed by atoms with van der Waals surface area (Å²) in [4.78, 5) is 11.3. The number of amides is 1. The molecule has 0 unspecified atom stereocenters. The quantitative estimate of drug-likeness (QED) is 0.687. The number of nitrogens with two attached hydrogens (primary N) is 1. The van der Waals surface area contributed by atoms with Crippen LogP contribution in [0.5, 0.6) is 0 Å². The van der Waals surface area contributed by atoms with Crippen LogP contribution in [0.4, 0.5) is 0 Å². The van der Waals surface area contributed by atoms with Gasteiger partial charge in [-0.05, 0) is 19.3 Å². The molecule has 0 aromatic heterocycles. The van der Waals surface area contributed by atoms with Gasteiger partial charge in [0.25, 0.3) is 0 Å². The van der Waals surface area contributed by atoms with E-state index in [0.717, 1.165) is 38.6 Å². The van der Waals surface area contributed by atoms with Crippen molar-refractivity contribution < 1.29 is 9.53 Å². The van der Waals surface area contributed by atoms with Gasteiger partial charge < -0.3 is 15.8 Å². The molecule has 1 aliphatic rings. The maximum Gasteiger partial charge on any atom is 0.246 e. The van der Waals surface area contributed by atoms with Crippen molar-refractivity contribution in [3.63, 3.8) is 0 Å². The number of carbonyl (C=O) groups is 1. The van der Waals surface area contributed by atoms with Gasteiger partial charge in [-0.25, -0.2) is 0 Å². The van der Waals surface area contributed by atoms with Gasteiger partial charge in [-0.15, -0.1) is 0 Å². The first-order valence-electron chi connectivity index (χ1n) is 5.83. The predicted molar refractivity (Wildman–Crippen MR) is 59.5 cm³/mol. The topological polar surface area (TPSA) is 64.3 Å². The summed E-state index contributed by atoms with van der Waals surface area (Å²) < 4.78 is 5.66. The minimum atomic E-state index is -0.219. The summed E-state index contributed by atoms with van der Waals surface area (Å²) in [6.07, 6.45) is 5.25. The maximum atomic E-state index is 11.3. The van der Waals surface area contributed by atoms with E-state index in [-0.39, 0.29) is 18.1 Å². The average molecular weight is 214 g/mol. The molecule has 15 heavy (non-hydrogen) atoms. The molecule has 1 aliphatic carbocycles. The van der Waals surface area contributed by atoms with Gasteiger partial charge in [-0.1, -0.05) is 19.8 Å². The lowest BCUT2D eigenvalue weighted by atomic mass is 10.0. The van der Waals surface area contributed by atoms with Gasteiger partial charge in [0, 0.05) is 13.1 Å². The van der Waals surface area contributed by atoms with E-state index in [9.17, 15) is 4.79 Å². The lowest BCUT2D eigenvalue weighted by molar-refractivity contribution is -0.132. The summed E-state index contributed by atoms with van der Waals surface area (Å²) in [5.74, 6) is -0.0309. The zero-order valence-electron chi connectivity index (χ0n) is 9.55. The van der Waals surface area contributed by atoms with Crippen LogP contribution in [0.25, 0.3) is 0 Å². The fraction of sp³-hybridized carbons (Fsp3) is 0.909. The van der Waals surface area contributed by atoms with Crippen LogP contribution in [-0.2, 0) is 9.53 Å². The lowest BCUT2D eigenvalue weighted by Gasteiger charge is -2.27. The van der Waals surface area contributed by atoms with Crippen LogP contribution in [0.1, 0.15) is 39.0 Å². The van der Waals surface area contributed by atoms with Gasteiger partial charge in [0.2, 0.25) is 5.91 Å². The highest BCUT2D eigenvalue weighted by Crippen LogP contribution is 2.31. The highest BCUT2D eigenvalue weighted by atomic mass is 16.5. The highest BCUT2D eigenvalue weighted by molar-refractivity contribution is 5.77. The first kappa shape index (κ1) is 12.5. The van der Waals surface area contributed by atoms with Crippen LogP contribution >= 0.6 is 0 Å². The van der Waals surface area contributed by atoms with Crippen LogP contribution < -0.4 is 11.1 Å². The van der Waals surface area contributed by atoms with E-state index >= 15 is 0 Å². The van der Waals surface area contributed by atoms with Crippen molar-refractivity contribution in [3.05, 3.63) is 0 Å². The summed E-state index contributed by atoms with van der Waals surface area (Å²) in [6, 6.07) is 0. The van der Waals surface area contributed by atoms with E-state index < -0.39 is 0 Å². The van der Waals surface area contributed by atoms with Crippen molar-refractivity contribution >= 4 is 5.91 Å². The molecule has 0 aromatic rings. The van der Waals surface area contributed by atoms with Crippen molar-refractivity contribution in [3.8, 4) is 0 Å². The molecule has 4 heteroatoms. The van der Waals surface area contributed by atoms with Gasteiger partial charge in [0.15, 0.2) is 0 Å². The molecule has 0 heterocycles. The summed E-state index contributed by atoms with van der Waals surface area (Å²) in [6.45, 7) is 3.42. The van der Waals surface area contributed by atoms with E-state index in [2.05, 4.69) is 5.32 Å². The second-order valence-electron chi connectivity index (χ2n) is 4.23. The minimum Gasteiger partial charge on any atom is -0.364 e. The first-order valence-corrected chi connectivity index (χ1v) is 5.83. The number of carbonyl (C=O) groups excluding carboxylic acids is 1. The molecular weight excluding hydrogens is 192 g/mol. The zero-order chi connectivity index (χ0) is 11.1. The fourth-order valence-corrected chi connectivity index (χ4v) is 1.96. The number of hydrogen-bond acceptors (Lipinski definition) is 3. The predicted octanol–water partition coefficient (Wildman–Crippen LogP) is 0.801. The molecule has 3 N–H and O–H groups in total. The van der Waals surface area contributed by atoms with Crippen molar-refractivity contribution in [1.29, 1.82) is 0 Å². The second kappa shape index (κ2) is 6.08. The summed E-state index contributed by atoms with van der Waals surface area (Å²) in [5.41, 5.74) is 5.48. The molecule has 1 rings (SSSR count). The highest BCUT2D eigenvalue weighted by Gasteiger charge is 2.33. The molecule has 4 nitrogen and oxygen atoms in total. The number of rotatable bonds is 6. The molecule has 0 aromatic carbocycles. The zero-order valence-corrected chi connectivity index (χ0v) is 9.55. The number of nitrogens with one attached hydrogen (secondary N) is 1. The Kier molecular flexibility index (Phi) is 5.05. The third-order valence-corrected chi connectivity index (χ3v) is 2.97. The Morgan fingerprint density at radius 2 is 2.13 bits per heavy atom. The Hall–Kier alpha value is -0.610. The summed E-state index contributed by atoms with van der Waals surface area (Å²) >= 11 is 0. The largest absolute Gasteiger partial charge is 0.364 e. The van der Waals surface area contributed by atoms with E-state index in [1.807, 2.05) is 6.92 Å². The molecule has 0 saturated heterocycles. The molecule has 0 radical (unpaired) electrons. The van der Waals surface area contributed by atoms with E-state index in [1.165, 1.54) is 0 Å². The SMILES string of the molecule is CCCNC(=O)COC1(CN)CCCC1. The van der Waals surface area contributed by atoms with Crippen molar-refractivity contribution in [2.45, 2.75) is 44.6 Å². The van der Waals surface area contributed by atoms with E-state index in [4.69, 9.17) is 10.5 Å². The van der Waals surface area contributed by atoms with Crippen LogP contribution in [0.3, 0.4) is 0 Å². The van der Waals surface area contributed by atoms with E-state index in [1.54, 1.807) is 0 Å². The first-order chi connectivity index (χ1) is 7.22. The van der Waals surface area contributed by atoms with Crippen LogP contribution in [0.2, 0.25) is 0 Å². The Morgan fingerprint density at radius 3 is 2.67 bits per heavy atom. The third-order valence-electron chi connectivity index (χ3n) is 2.97. The second-order valence-corrected chi connectivity index (χ2v) is 4.23. The van der Waals surface area contributed by atoms with Crippen molar-refractivity contribution in [1.82, 2.24) is 5.32 Å². The van der Waals surface area contributed by atoms with Gasteiger partial charge in [0.1, 0.15) is 6.61 Å². The standard InChI is InChI=1S/C11H22N2O2/c1-2-7-13-10(14)8-15-11(9-12)5-3-4-6-11/h2-9,12H2,1H3,(H,13,14). The Labute approximate surface area is 91.5 Å². The monoisotopic (exact) mass is 214 g/mol. The summed E-state index contributed by atoms with van der Waals surface area (Å²) in [7, 11) is 0. The molecule has 88 valence electrons. The minimum absolute atomic E-state index is 0.0309. The van der Waals surface area contributed by atoms with Gasteiger partial charge in [-0.2, -0.15) is 0 Å². The Balaban J connectivity index is 2.25. The Bertz CT molecular complexity index is 201. The third kappa shape index (κ3) is 3.80. The van der Waals surface area contributed by atoms with Crippen molar-refractivity contribution in [2.24, 2.45) is 5.73 Å². The molecule has 0 bridgehead atoms. The maximum absolute atomic E-state index is 11.3. The van der Waals surface area contributed by atoms with Gasteiger partial charge >= 0.3 is 0 Å². The molecular formula is C11H22N2O2. The van der Waals surface area contributed by atoms with Crippen LogP contribution in [0.15, 0.2) is 0 Å². The normalized spacial score (nSPS) is 19.1. The number of hydrogen-bond donors (Lipinski definition) is 2. The molecule has 0 aliphatic heterocycles. The fourth-order valence-electron chi connectivity index (χ4n) is 1.96. The van der Waals surface area contributed by atoms with Gasteiger partial charge in [0.05, 0.1) is 5.60 Å². The molecule has 1 saturated carbocycles. The average Bonchev–Trinajstić information content (AvgIpc) is 2.73. The molecule has 1 amide bonds. The van der Waals surface area contributed by atoms with E-state index in [0.29, 0.717) is 6.54 Å². The van der Waals surface area contributed by atoms with Crippen molar-refractivity contribution in [2.75, 3.05) is 19.7 Å². The summed E-state index contributed by atoms with van der Waals surface area (Å²) in [5, 5.41) is 2.79. The van der Waals surface area contributed by atoms with Crippen LogP contribution in [0, 0.1) is 0 Å². The number of ether oxygens (including phenoxy) is 1. The lowest BCUT2D eigenvalue weighted by Crippen LogP contribution is -2.41. The van der Waals surface area contributed by atoms with Gasteiger partial charge in [-0.3, -0.25) is 4.79 Å². The Morgan fingerprint density at radius 1 is 1.47 bits per heavy atom.